The molecule has 0 radical (unpaired) electrons. The topological polar surface area (TPSA) is 50.7 Å². The molecule has 1 amide bonds. The molecule has 2 rings (SSSR count). The minimum atomic E-state index is -0.279. The van der Waals surface area contributed by atoms with E-state index in [0.29, 0.717) is 10.7 Å². The number of aryl methyl sites for hydroxylation is 1. The summed E-state index contributed by atoms with van der Waals surface area (Å²) in [5.41, 5.74) is 2.48. The molecule has 22 heavy (non-hydrogen) atoms. The van der Waals surface area contributed by atoms with Crippen LogP contribution in [0.15, 0.2) is 52.1 Å². The third-order valence-corrected chi connectivity index (χ3v) is 3.57. The Kier molecular flexibility index (Phi) is 5.98. The number of amides is 1. The predicted octanol–water partition coefficient (Wildman–Crippen LogP) is 4.40. The van der Waals surface area contributed by atoms with Gasteiger partial charge in [0.2, 0.25) is 0 Å². The smallest absolute Gasteiger partial charge is 0.265 e. The molecular weight excluding hydrogens is 368 g/mol. The number of oxime groups is 1. The number of carbonyl (C=O) groups is 1. The standard InChI is InChI=1S/C16H14BrClN2O2/c1-11-8-14(18)6-7-15(11)20-16(21)10-22-19-9-12-2-4-13(17)5-3-12/h2-9H,10H2,1H3,(H,20,21)/b19-9-. The molecule has 0 saturated heterocycles. The van der Waals surface area contributed by atoms with Crippen LogP contribution in [0.2, 0.25) is 5.02 Å². The second-order valence-corrected chi connectivity index (χ2v) is 5.92. The van der Waals surface area contributed by atoms with Crippen LogP contribution in [0.25, 0.3) is 0 Å². The maximum absolute atomic E-state index is 11.8. The van der Waals surface area contributed by atoms with Gasteiger partial charge in [0.1, 0.15) is 0 Å². The molecule has 0 unspecified atom stereocenters. The Hall–Kier alpha value is -1.85. The minimum absolute atomic E-state index is 0.158. The first kappa shape index (κ1) is 16.5. The number of carbonyl (C=O) groups excluding carboxylic acids is 1. The van der Waals surface area contributed by atoms with E-state index in [1.807, 2.05) is 31.2 Å². The van der Waals surface area contributed by atoms with Gasteiger partial charge in [-0.05, 0) is 48.4 Å². The Morgan fingerprint density at radius 3 is 2.73 bits per heavy atom. The van der Waals surface area contributed by atoms with Crippen molar-refractivity contribution in [2.24, 2.45) is 5.16 Å². The first-order chi connectivity index (χ1) is 10.5. The zero-order chi connectivity index (χ0) is 15.9. The SMILES string of the molecule is Cc1cc(Cl)ccc1NC(=O)CO/N=C\c1ccc(Br)cc1. The van der Waals surface area contributed by atoms with Gasteiger partial charge in [0, 0.05) is 15.2 Å². The Balaban J connectivity index is 1.81. The van der Waals surface area contributed by atoms with E-state index in [1.54, 1.807) is 24.4 Å². The molecule has 0 saturated carbocycles. The summed E-state index contributed by atoms with van der Waals surface area (Å²) in [6.07, 6.45) is 1.55. The number of rotatable bonds is 5. The second-order valence-electron chi connectivity index (χ2n) is 4.57. The van der Waals surface area contributed by atoms with Crippen LogP contribution in [0.1, 0.15) is 11.1 Å². The molecule has 6 heteroatoms. The van der Waals surface area contributed by atoms with Crippen molar-refractivity contribution in [3.63, 3.8) is 0 Å². The first-order valence-corrected chi connectivity index (χ1v) is 7.68. The molecule has 2 aromatic rings. The highest BCUT2D eigenvalue weighted by atomic mass is 79.9. The summed E-state index contributed by atoms with van der Waals surface area (Å²) < 4.78 is 0.989. The maximum atomic E-state index is 11.8. The highest BCUT2D eigenvalue weighted by molar-refractivity contribution is 9.10. The lowest BCUT2D eigenvalue weighted by atomic mass is 10.2. The molecule has 114 valence electrons. The molecule has 0 bridgehead atoms. The summed E-state index contributed by atoms with van der Waals surface area (Å²) in [5, 5.41) is 7.14. The molecule has 1 N–H and O–H groups in total. The largest absolute Gasteiger partial charge is 0.386 e. The van der Waals surface area contributed by atoms with Crippen LogP contribution in [-0.2, 0) is 9.63 Å². The summed E-state index contributed by atoms with van der Waals surface area (Å²) in [7, 11) is 0. The van der Waals surface area contributed by atoms with E-state index >= 15 is 0 Å². The fourth-order valence-corrected chi connectivity index (χ4v) is 2.19. The maximum Gasteiger partial charge on any atom is 0.265 e. The molecular formula is C16H14BrClN2O2. The van der Waals surface area contributed by atoms with Crippen molar-refractivity contribution in [2.45, 2.75) is 6.92 Å². The van der Waals surface area contributed by atoms with E-state index < -0.39 is 0 Å². The average molecular weight is 382 g/mol. The van der Waals surface area contributed by atoms with Crippen molar-refractivity contribution in [2.75, 3.05) is 11.9 Å². The molecule has 0 aliphatic carbocycles. The van der Waals surface area contributed by atoms with E-state index in [-0.39, 0.29) is 12.5 Å². The lowest BCUT2D eigenvalue weighted by Gasteiger charge is -2.07. The van der Waals surface area contributed by atoms with Gasteiger partial charge in [-0.15, -0.1) is 0 Å². The van der Waals surface area contributed by atoms with Crippen LogP contribution in [0.5, 0.6) is 0 Å². The number of nitrogens with zero attached hydrogens (tertiary/aromatic N) is 1. The number of benzene rings is 2. The number of hydrogen-bond acceptors (Lipinski definition) is 3. The Labute approximate surface area is 142 Å². The second kappa shape index (κ2) is 7.96. The molecule has 2 aromatic carbocycles. The predicted molar refractivity (Wildman–Crippen MR) is 92.5 cm³/mol. The fourth-order valence-electron chi connectivity index (χ4n) is 1.70. The van der Waals surface area contributed by atoms with Gasteiger partial charge in [-0.3, -0.25) is 4.79 Å². The Bertz CT molecular complexity index is 687. The van der Waals surface area contributed by atoms with Crippen molar-refractivity contribution in [3.05, 3.63) is 63.1 Å². The normalized spacial score (nSPS) is 10.7. The molecule has 0 aliphatic heterocycles. The van der Waals surface area contributed by atoms with Crippen LogP contribution in [0.4, 0.5) is 5.69 Å². The van der Waals surface area contributed by atoms with Gasteiger partial charge >= 0.3 is 0 Å². The molecule has 0 atom stereocenters. The summed E-state index contributed by atoms with van der Waals surface area (Å²) >= 11 is 9.22. The van der Waals surface area contributed by atoms with Crippen LogP contribution in [0, 0.1) is 6.92 Å². The number of nitrogens with one attached hydrogen (secondary N) is 1. The van der Waals surface area contributed by atoms with Gasteiger partial charge in [0.15, 0.2) is 6.61 Å². The van der Waals surface area contributed by atoms with Crippen molar-refractivity contribution in [1.82, 2.24) is 0 Å². The Morgan fingerprint density at radius 2 is 2.05 bits per heavy atom. The molecule has 0 aromatic heterocycles. The van der Waals surface area contributed by atoms with E-state index in [1.165, 1.54) is 0 Å². The zero-order valence-electron chi connectivity index (χ0n) is 11.8. The van der Waals surface area contributed by atoms with Gasteiger partial charge in [-0.25, -0.2) is 0 Å². The lowest BCUT2D eigenvalue weighted by Crippen LogP contribution is -2.17. The van der Waals surface area contributed by atoms with Gasteiger partial charge in [0.25, 0.3) is 5.91 Å². The third kappa shape index (κ3) is 5.16. The summed E-state index contributed by atoms with van der Waals surface area (Å²) in [6, 6.07) is 12.8. The molecule has 0 spiro atoms. The Morgan fingerprint density at radius 1 is 1.32 bits per heavy atom. The zero-order valence-corrected chi connectivity index (χ0v) is 14.2. The van der Waals surface area contributed by atoms with Crippen molar-refractivity contribution in [1.29, 1.82) is 0 Å². The van der Waals surface area contributed by atoms with Crippen LogP contribution in [0.3, 0.4) is 0 Å². The average Bonchev–Trinajstić information content (AvgIpc) is 2.48. The van der Waals surface area contributed by atoms with E-state index in [0.717, 1.165) is 15.6 Å². The highest BCUT2D eigenvalue weighted by Gasteiger charge is 2.05. The molecule has 4 nitrogen and oxygen atoms in total. The quantitative estimate of drug-likeness (QED) is 0.616. The minimum Gasteiger partial charge on any atom is -0.386 e. The summed E-state index contributed by atoms with van der Waals surface area (Å²) in [5.74, 6) is -0.279. The van der Waals surface area contributed by atoms with Crippen molar-refractivity contribution >= 4 is 45.3 Å². The van der Waals surface area contributed by atoms with Crippen LogP contribution >= 0.6 is 27.5 Å². The summed E-state index contributed by atoms with van der Waals surface area (Å²) in [4.78, 5) is 16.7. The lowest BCUT2D eigenvalue weighted by molar-refractivity contribution is -0.120. The first-order valence-electron chi connectivity index (χ1n) is 6.51. The van der Waals surface area contributed by atoms with Crippen molar-refractivity contribution < 1.29 is 9.63 Å². The highest BCUT2D eigenvalue weighted by Crippen LogP contribution is 2.19. The van der Waals surface area contributed by atoms with E-state index in [4.69, 9.17) is 16.4 Å². The van der Waals surface area contributed by atoms with Gasteiger partial charge in [0.05, 0.1) is 6.21 Å². The van der Waals surface area contributed by atoms with Crippen LogP contribution in [-0.4, -0.2) is 18.7 Å². The van der Waals surface area contributed by atoms with Gasteiger partial charge in [-0.2, -0.15) is 0 Å². The monoisotopic (exact) mass is 380 g/mol. The number of hydrogen-bond donors (Lipinski definition) is 1. The van der Waals surface area contributed by atoms with Gasteiger partial charge < -0.3 is 10.2 Å². The molecule has 0 heterocycles. The van der Waals surface area contributed by atoms with E-state index in [9.17, 15) is 4.79 Å². The van der Waals surface area contributed by atoms with Crippen molar-refractivity contribution in [3.8, 4) is 0 Å². The third-order valence-electron chi connectivity index (χ3n) is 2.80. The van der Waals surface area contributed by atoms with E-state index in [2.05, 4.69) is 26.4 Å². The number of anilines is 1. The van der Waals surface area contributed by atoms with Crippen LogP contribution < -0.4 is 5.32 Å². The number of halogens is 2. The fraction of sp³-hybridized carbons (Fsp3) is 0.125. The van der Waals surface area contributed by atoms with Gasteiger partial charge in [-0.1, -0.05) is 44.8 Å². The molecule has 0 aliphatic rings. The summed E-state index contributed by atoms with van der Waals surface area (Å²) in [6.45, 7) is 1.71. The molecule has 0 fully saturated rings.